The third-order valence-electron chi connectivity index (χ3n) is 3.27. The number of anilines is 1. The SMILES string of the molecule is OC1(CNc2cc(Br)ncn2)CCCCCC1. The van der Waals surface area contributed by atoms with Crippen LogP contribution in [0.3, 0.4) is 0 Å². The predicted molar refractivity (Wildman–Crippen MR) is 70.9 cm³/mol. The van der Waals surface area contributed by atoms with E-state index in [2.05, 4.69) is 31.2 Å². The summed E-state index contributed by atoms with van der Waals surface area (Å²) in [6, 6.07) is 1.82. The molecule has 0 aromatic carbocycles. The van der Waals surface area contributed by atoms with Gasteiger partial charge >= 0.3 is 0 Å². The van der Waals surface area contributed by atoms with Crippen molar-refractivity contribution in [1.82, 2.24) is 9.97 Å². The third kappa shape index (κ3) is 3.92. The second kappa shape index (κ2) is 5.78. The number of hydrogen-bond acceptors (Lipinski definition) is 4. The molecule has 1 aliphatic carbocycles. The second-order valence-electron chi connectivity index (χ2n) is 4.72. The molecule has 1 aliphatic rings. The molecule has 0 amide bonds. The fraction of sp³-hybridized carbons (Fsp3) is 0.667. The number of aromatic nitrogens is 2. The van der Waals surface area contributed by atoms with Crippen LogP contribution in [0, 0.1) is 0 Å². The van der Waals surface area contributed by atoms with Crippen LogP contribution in [0.15, 0.2) is 17.0 Å². The zero-order valence-electron chi connectivity index (χ0n) is 9.82. The standard InChI is InChI=1S/C12H18BrN3O/c13-10-7-11(16-9-15-10)14-8-12(17)5-3-1-2-4-6-12/h7,9,17H,1-6,8H2,(H,14,15,16). The summed E-state index contributed by atoms with van der Waals surface area (Å²) in [7, 11) is 0. The lowest BCUT2D eigenvalue weighted by Gasteiger charge is -2.27. The first kappa shape index (κ1) is 12.8. The Hall–Kier alpha value is -0.680. The Morgan fingerprint density at radius 2 is 1.94 bits per heavy atom. The zero-order chi connectivity index (χ0) is 12.1. The molecule has 1 heterocycles. The van der Waals surface area contributed by atoms with E-state index in [4.69, 9.17) is 0 Å². The van der Waals surface area contributed by atoms with Crippen LogP contribution in [0.1, 0.15) is 38.5 Å². The molecule has 0 saturated heterocycles. The van der Waals surface area contributed by atoms with Gasteiger partial charge in [-0.2, -0.15) is 0 Å². The Bertz CT molecular complexity index is 365. The van der Waals surface area contributed by atoms with Crippen LogP contribution in [0.4, 0.5) is 5.82 Å². The molecule has 0 aliphatic heterocycles. The van der Waals surface area contributed by atoms with E-state index in [1.165, 1.54) is 19.2 Å². The smallest absolute Gasteiger partial charge is 0.130 e. The molecule has 1 saturated carbocycles. The highest BCUT2D eigenvalue weighted by Crippen LogP contribution is 2.27. The van der Waals surface area contributed by atoms with Crippen molar-refractivity contribution < 1.29 is 5.11 Å². The van der Waals surface area contributed by atoms with Crippen molar-refractivity contribution in [1.29, 1.82) is 0 Å². The summed E-state index contributed by atoms with van der Waals surface area (Å²) in [6.45, 7) is 0.566. The average molecular weight is 300 g/mol. The summed E-state index contributed by atoms with van der Waals surface area (Å²) in [5.74, 6) is 0.754. The molecule has 17 heavy (non-hydrogen) atoms. The number of nitrogens with zero attached hydrogens (tertiary/aromatic N) is 2. The van der Waals surface area contributed by atoms with Crippen LogP contribution in [0.2, 0.25) is 0 Å². The molecule has 2 N–H and O–H groups in total. The van der Waals surface area contributed by atoms with Crippen molar-refractivity contribution in [2.75, 3.05) is 11.9 Å². The lowest BCUT2D eigenvalue weighted by molar-refractivity contribution is 0.0380. The minimum absolute atomic E-state index is 0.566. The molecule has 0 radical (unpaired) electrons. The maximum atomic E-state index is 10.5. The van der Waals surface area contributed by atoms with Crippen molar-refractivity contribution in [3.63, 3.8) is 0 Å². The van der Waals surface area contributed by atoms with E-state index in [0.29, 0.717) is 6.54 Å². The summed E-state index contributed by atoms with van der Waals surface area (Å²) >= 11 is 3.30. The van der Waals surface area contributed by atoms with Crippen LogP contribution in [0.25, 0.3) is 0 Å². The lowest BCUT2D eigenvalue weighted by Crippen LogP contribution is -2.36. The largest absolute Gasteiger partial charge is 0.388 e. The number of hydrogen-bond donors (Lipinski definition) is 2. The number of nitrogens with one attached hydrogen (secondary N) is 1. The quantitative estimate of drug-likeness (QED) is 0.665. The Kier molecular flexibility index (Phi) is 4.34. The van der Waals surface area contributed by atoms with Gasteiger partial charge < -0.3 is 10.4 Å². The topological polar surface area (TPSA) is 58.0 Å². The van der Waals surface area contributed by atoms with Crippen molar-refractivity contribution in [3.8, 4) is 0 Å². The fourth-order valence-electron chi connectivity index (χ4n) is 2.25. The van der Waals surface area contributed by atoms with Gasteiger partial charge in [0.1, 0.15) is 16.7 Å². The van der Waals surface area contributed by atoms with Gasteiger partial charge in [-0.1, -0.05) is 25.7 Å². The van der Waals surface area contributed by atoms with Crippen molar-refractivity contribution in [2.24, 2.45) is 0 Å². The van der Waals surface area contributed by atoms with E-state index in [9.17, 15) is 5.11 Å². The van der Waals surface area contributed by atoms with Crippen molar-refractivity contribution >= 4 is 21.7 Å². The summed E-state index contributed by atoms with van der Waals surface area (Å²) in [5.41, 5.74) is -0.575. The van der Waals surface area contributed by atoms with Gasteiger partial charge in [-0.3, -0.25) is 0 Å². The van der Waals surface area contributed by atoms with Crippen LogP contribution in [0.5, 0.6) is 0 Å². The minimum atomic E-state index is -0.575. The molecule has 94 valence electrons. The summed E-state index contributed by atoms with van der Waals surface area (Å²) in [4.78, 5) is 8.09. The zero-order valence-corrected chi connectivity index (χ0v) is 11.4. The number of halogens is 1. The Morgan fingerprint density at radius 1 is 1.24 bits per heavy atom. The molecule has 0 bridgehead atoms. The van der Waals surface area contributed by atoms with Gasteiger partial charge in [-0.05, 0) is 28.8 Å². The van der Waals surface area contributed by atoms with Crippen LogP contribution in [-0.4, -0.2) is 27.2 Å². The molecular formula is C12H18BrN3O. The Balaban J connectivity index is 1.92. The summed E-state index contributed by atoms with van der Waals surface area (Å²) in [5, 5.41) is 13.7. The molecule has 2 rings (SSSR count). The van der Waals surface area contributed by atoms with Gasteiger partial charge in [-0.15, -0.1) is 0 Å². The summed E-state index contributed by atoms with van der Waals surface area (Å²) in [6.07, 6.45) is 7.97. The number of rotatable bonds is 3. The Morgan fingerprint density at radius 3 is 2.59 bits per heavy atom. The van der Waals surface area contributed by atoms with E-state index in [0.717, 1.165) is 36.1 Å². The molecule has 0 atom stereocenters. The first-order chi connectivity index (χ1) is 8.18. The van der Waals surface area contributed by atoms with Gasteiger partial charge in [0.2, 0.25) is 0 Å². The van der Waals surface area contributed by atoms with E-state index >= 15 is 0 Å². The van der Waals surface area contributed by atoms with E-state index in [-0.39, 0.29) is 0 Å². The molecule has 1 aromatic rings. The highest BCUT2D eigenvalue weighted by Gasteiger charge is 2.27. The van der Waals surface area contributed by atoms with Crippen LogP contribution in [-0.2, 0) is 0 Å². The van der Waals surface area contributed by atoms with E-state index in [1.54, 1.807) is 0 Å². The molecule has 0 unspecified atom stereocenters. The molecular weight excluding hydrogens is 282 g/mol. The normalized spacial score (nSPS) is 19.6. The van der Waals surface area contributed by atoms with Crippen molar-refractivity contribution in [3.05, 3.63) is 17.0 Å². The fourth-order valence-corrected chi connectivity index (χ4v) is 2.56. The molecule has 1 aromatic heterocycles. The van der Waals surface area contributed by atoms with Gasteiger partial charge in [0.25, 0.3) is 0 Å². The molecule has 5 heteroatoms. The first-order valence-electron chi connectivity index (χ1n) is 6.12. The van der Waals surface area contributed by atoms with Crippen molar-refractivity contribution in [2.45, 2.75) is 44.1 Å². The van der Waals surface area contributed by atoms with E-state index < -0.39 is 5.60 Å². The maximum Gasteiger partial charge on any atom is 0.130 e. The number of aliphatic hydroxyl groups is 1. The highest BCUT2D eigenvalue weighted by atomic mass is 79.9. The maximum absolute atomic E-state index is 10.5. The molecule has 4 nitrogen and oxygen atoms in total. The minimum Gasteiger partial charge on any atom is -0.388 e. The van der Waals surface area contributed by atoms with Gasteiger partial charge in [0.05, 0.1) is 5.60 Å². The Labute approximate surface area is 110 Å². The van der Waals surface area contributed by atoms with E-state index in [1.807, 2.05) is 6.07 Å². The molecule has 1 fully saturated rings. The first-order valence-corrected chi connectivity index (χ1v) is 6.91. The molecule has 0 spiro atoms. The van der Waals surface area contributed by atoms with Gasteiger partial charge in [-0.25, -0.2) is 9.97 Å². The monoisotopic (exact) mass is 299 g/mol. The lowest BCUT2D eigenvalue weighted by atomic mass is 9.94. The average Bonchev–Trinajstić information content (AvgIpc) is 2.53. The second-order valence-corrected chi connectivity index (χ2v) is 5.53. The third-order valence-corrected chi connectivity index (χ3v) is 3.70. The van der Waals surface area contributed by atoms with Gasteiger partial charge in [0, 0.05) is 12.6 Å². The van der Waals surface area contributed by atoms with Gasteiger partial charge in [0.15, 0.2) is 0 Å². The summed E-state index contributed by atoms with van der Waals surface area (Å²) < 4.78 is 0.753. The van der Waals surface area contributed by atoms with Crippen LogP contribution < -0.4 is 5.32 Å². The predicted octanol–water partition coefficient (Wildman–Crippen LogP) is 2.74. The highest BCUT2D eigenvalue weighted by molar-refractivity contribution is 9.10. The van der Waals surface area contributed by atoms with Crippen LogP contribution >= 0.6 is 15.9 Å².